The Morgan fingerprint density at radius 2 is 1.85 bits per heavy atom. The van der Waals surface area contributed by atoms with Crippen molar-refractivity contribution >= 4 is 29.5 Å². The number of urea groups is 1. The van der Waals surface area contributed by atoms with E-state index in [1.165, 1.54) is 6.92 Å². The van der Waals surface area contributed by atoms with Crippen LogP contribution in [-0.4, -0.2) is 46.9 Å². The van der Waals surface area contributed by atoms with Gasteiger partial charge in [0.2, 0.25) is 0 Å². The molecule has 0 aliphatic carbocycles. The standard InChI is InChI=1S/C19H25N3O5/c1-12-7-9-14(10-8-12)20-16(24)13(2)27-15(23)6-5-11-22-17(25)19(3,4)21-18(22)26/h7-10,13H,5-6,11H2,1-4H3,(H,20,24)(H,21,26)/t13-/m1/s1. The molecule has 8 nitrogen and oxygen atoms in total. The third kappa shape index (κ3) is 5.29. The number of carbonyl (C=O) groups is 4. The first-order valence-corrected chi connectivity index (χ1v) is 8.81. The molecule has 4 amide bonds. The molecule has 1 aromatic carbocycles. The van der Waals surface area contributed by atoms with Crippen LogP contribution < -0.4 is 10.6 Å². The van der Waals surface area contributed by atoms with Gasteiger partial charge >= 0.3 is 12.0 Å². The van der Waals surface area contributed by atoms with Crippen LogP contribution in [0.2, 0.25) is 0 Å². The highest BCUT2D eigenvalue weighted by Crippen LogP contribution is 2.17. The molecule has 0 unspecified atom stereocenters. The number of rotatable bonds is 7. The van der Waals surface area contributed by atoms with E-state index < -0.39 is 29.6 Å². The second kappa shape index (κ2) is 8.20. The molecule has 0 aromatic heterocycles. The van der Waals surface area contributed by atoms with Gasteiger partial charge in [0, 0.05) is 18.7 Å². The van der Waals surface area contributed by atoms with E-state index in [0.29, 0.717) is 5.69 Å². The lowest BCUT2D eigenvalue weighted by Crippen LogP contribution is -2.40. The minimum Gasteiger partial charge on any atom is -0.453 e. The lowest BCUT2D eigenvalue weighted by molar-refractivity contribution is -0.153. The van der Waals surface area contributed by atoms with Crippen molar-refractivity contribution in [3.63, 3.8) is 0 Å². The van der Waals surface area contributed by atoms with E-state index in [4.69, 9.17) is 4.74 Å². The average Bonchev–Trinajstić information content (AvgIpc) is 2.78. The van der Waals surface area contributed by atoms with Crippen molar-refractivity contribution in [1.82, 2.24) is 10.2 Å². The fraction of sp³-hybridized carbons (Fsp3) is 0.474. The predicted octanol–water partition coefficient (Wildman–Crippen LogP) is 1.98. The van der Waals surface area contributed by atoms with Crippen molar-refractivity contribution in [1.29, 1.82) is 0 Å². The van der Waals surface area contributed by atoms with E-state index >= 15 is 0 Å². The summed E-state index contributed by atoms with van der Waals surface area (Å²) in [5.41, 5.74) is 0.760. The first-order valence-electron chi connectivity index (χ1n) is 8.81. The molecule has 8 heteroatoms. The molecule has 1 aromatic rings. The van der Waals surface area contributed by atoms with Gasteiger partial charge in [0.05, 0.1) is 0 Å². The predicted molar refractivity (Wildman–Crippen MR) is 98.9 cm³/mol. The van der Waals surface area contributed by atoms with Gasteiger partial charge < -0.3 is 15.4 Å². The van der Waals surface area contributed by atoms with Crippen molar-refractivity contribution < 1.29 is 23.9 Å². The Hall–Kier alpha value is -2.90. The number of hydrogen-bond donors (Lipinski definition) is 2. The van der Waals surface area contributed by atoms with Gasteiger partial charge in [0.1, 0.15) is 5.54 Å². The molecular formula is C19H25N3O5. The number of nitrogens with one attached hydrogen (secondary N) is 2. The van der Waals surface area contributed by atoms with Crippen molar-refractivity contribution in [3.8, 4) is 0 Å². The Kier molecular flexibility index (Phi) is 6.20. The minimum atomic E-state index is -0.950. The third-order valence-corrected chi connectivity index (χ3v) is 4.20. The van der Waals surface area contributed by atoms with Crippen molar-refractivity contribution in [2.24, 2.45) is 0 Å². The number of imide groups is 1. The first kappa shape index (κ1) is 20.4. The summed E-state index contributed by atoms with van der Waals surface area (Å²) in [7, 11) is 0. The molecular weight excluding hydrogens is 350 g/mol. The zero-order valence-corrected chi connectivity index (χ0v) is 16.0. The van der Waals surface area contributed by atoms with Gasteiger partial charge in [-0.3, -0.25) is 19.3 Å². The third-order valence-electron chi connectivity index (χ3n) is 4.20. The van der Waals surface area contributed by atoms with Crippen LogP contribution in [0.4, 0.5) is 10.5 Å². The van der Waals surface area contributed by atoms with Crippen LogP contribution in [0.15, 0.2) is 24.3 Å². The van der Waals surface area contributed by atoms with Gasteiger partial charge in [-0.2, -0.15) is 0 Å². The molecule has 0 radical (unpaired) electrons. The Labute approximate surface area is 158 Å². The van der Waals surface area contributed by atoms with E-state index in [1.54, 1.807) is 26.0 Å². The molecule has 1 fully saturated rings. The van der Waals surface area contributed by atoms with Gasteiger partial charge in [-0.1, -0.05) is 17.7 Å². The SMILES string of the molecule is Cc1ccc(NC(=O)[C@@H](C)OC(=O)CCCN2C(=O)NC(C)(C)C2=O)cc1. The number of ether oxygens (including phenoxy) is 1. The highest BCUT2D eigenvalue weighted by molar-refractivity contribution is 6.06. The topological polar surface area (TPSA) is 105 Å². The normalized spacial score (nSPS) is 16.7. The maximum Gasteiger partial charge on any atom is 0.325 e. The molecule has 0 spiro atoms. The number of carbonyl (C=O) groups excluding carboxylic acids is 4. The van der Waals surface area contributed by atoms with E-state index in [1.807, 2.05) is 19.1 Å². The molecule has 1 saturated heterocycles. The molecule has 27 heavy (non-hydrogen) atoms. The van der Waals surface area contributed by atoms with Gasteiger partial charge in [-0.25, -0.2) is 4.79 Å². The Bertz CT molecular complexity index is 742. The van der Waals surface area contributed by atoms with Crippen LogP contribution in [0.25, 0.3) is 0 Å². The second-order valence-electron chi connectivity index (χ2n) is 7.10. The highest BCUT2D eigenvalue weighted by atomic mass is 16.5. The fourth-order valence-corrected chi connectivity index (χ4v) is 2.59. The summed E-state index contributed by atoms with van der Waals surface area (Å²) in [5.74, 6) is -1.32. The summed E-state index contributed by atoms with van der Waals surface area (Å²) in [6.45, 7) is 6.79. The number of benzene rings is 1. The summed E-state index contributed by atoms with van der Waals surface area (Å²) in [4.78, 5) is 48.9. The highest BCUT2D eigenvalue weighted by Gasteiger charge is 2.43. The Morgan fingerprint density at radius 1 is 1.22 bits per heavy atom. The van der Waals surface area contributed by atoms with E-state index in [-0.39, 0.29) is 25.3 Å². The number of esters is 1. The zero-order chi connectivity index (χ0) is 20.2. The van der Waals surface area contributed by atoms with Crippen molar-refractivity contribution in [2.45, 2.75) is 52.2 Å². The van der Waals surface area contributed by atoms with Crippen LogP contribution in [0.1, 0.15) is 39.2 Å². The average molecular weight is 375 g/mol. The van der Waals surface area contributed by atoms with Crippen molar-refractivity contribution in [2.75, 3.05) is 11.9 Å². The largest absolute Gasteiger partial charge is 0.453 e. The summed E-state index contributed by atoms with van der Waals surface area (Å²) < 4.78 is 5.11. The second-order valence-corrected chi connectivity index (χ2v) is 7.10. The monoisotopic (exact) mass is 375 g/mol. The lowest BCUT2D eigenvalue weighted by atomic mass is 10.1. The number of aryl methyl sites for hydroxylation is 1. The molecule has 2 rings (SSSR count). The van der Waals surface area contributed by atoms with Crippen LogP contribution in [0.3, 0.4) is 0 Å². The molecule has 2 N–H and O–H groups in total. The van der Waals surface area contributed by atoms with Crippen LogP contribution in [0, 0.1) is 6.92 Å². The zero-order valence-electron chi connectivity index (χ0n) is 16.0. The molecule has 146 valence electrons. The number of anilines is 1. The molecule has 1 atom stereocenters. The molecule has 0 bridgehead atoms. The molecule has 1 aliphatic rings. The van der Waals surface area contributed by atoms with Crippen molar-refractivity contribution in [3.05, 3.63) is 29.8 Å². The minimum absolute atomic E-state index is 0.000357. The number of nitrogens with zero attached hydrogens (tertiary/aromatic N) is 1. The van der Waals surface area contributed by atoms with Gasteiger partial charge in [-0.05, 0) is 46.2 Å². The van der Waals surface area contributed by atoms with Crippen LogP contribution >= 0.6 is 0 Å². The summed E-state index contributed by atoms with van der Waals surface area (Å²) >= 11 is 0. The van der Waals surface area contributed by atoms with E-state index in [2.05, 4.69) is 10.6 Å². The Balaban J connectivity index is 1.75. The summed E-state index contributed by atoms with van der Waals surface area (Å²) in [6.07, 6.45) is -0.686. The number of hydrogen-bond acceptors (Lipinski definition) is 5. The lowest BCUT2D eigenvalue weighted by Gasteiger charge is -2.16. The van der Waals surface area contributed by atoms with E-state index in [9.17, 15) is 19.2 Å². The number of amides is 4. The summed E-state index contributed by atoms with van der Waals surface area (Å²) in [5, 5.41) is 5.25. The van der Waals surface area contributed by atoms with Crippen LogP contribution in [0.5, 0.6) is 0 Å². The smallest absolute Gasteiger partial charge is 0.325 e. The quantitative estimate of drug-likeness (QED) is 0.560. The van der Waals surface area contributed by atoms with E-state index in [0.717, 1.165) is 10.5 Å². The fourth-order valence-electron chi connectivity index (χ4n) is 2.59. The maximum absolute atomic E-state index is 12.1. The molecule has 1 aliphatic heterocycles. The van der Waals surface area contributed by atoms with Gasteiger partial charge in [-0.15, -0.1) is 0 Å². The first-order chi connectivity index (χ1) is 12.6. The maximum atomic E-state index is 12.1. The van der Waals surface area contributed by atoms with Gasteiger partial charge in [0.15, 0.2) is 6.10 Å². The molecule has 0 saturated carbocycles. The summed E-state index contributed by atoms with van der Waals surface area (Å²) in [6, 6.07) is 6.79. The van der Waals surface area contributed by atoms with Crippen LogP contribution in [-0.2, 0) is 19.1 Å². The Morgan fingerprint density at radius 3 is 2.41 bits per heavy atom. The molecule has 1 heterocycles. The van der Waals surface area contributed by atoms with Gasteiger partial charge in [0.25, 0.3) is 11.8 Å².